The molecular weight excluding hydrogens is 417 g/mol. The average Bonchev–Trinajstić information content (AvgIpc) is 3.47. The fourth-order valence-corrected chi connectivity index (χ4v) is 4.36. The number of halogens is 1. The molecule has 33 heavy (non-hydrogen) atoms. The minimum atomic E-state index is -0.234. The Bertz CT molecular complexity index is 1270. The third-order valence-corrected chi connectivity index (χ3v) is 6.14. The van der Waals surface area contributed by atoms with Gasteiger partial charge in [0.15, 0.2) is 5.82 Å². The number of rotatable bonds is 4. The molecule has 5 rings (SSSR count). The summed E-state index contributed by atoms with van der Waals surface area (Å²) in [6.07, 6.45) is 3.85. The number of benzene rings is 2. The lowest BCUT2D eigenvalue weighted by Gasteiger charge is -2.36. The fraction of sp³-hybridized carbons (Fsp3) is 0.231. The summed E-state index contributed by atoms with van der Waals surface area (Å²) in [5.41, 5.74) is 3.91. The van der Waals surface area contributed by atoms with E-state index in [1.54, 1.807) is 12.1 Å². The van der Waals surface area contributed by atoms with Gasteiger partial charge < -0.3 is 14.4 Å². The minimum Gasteiger partial charge on any atom is -0.366 e. The minimum absolute atomic E-state index is 0.0530. The van der Waals surface area contributed by atoms with Crippen molar-refractivity contribution < 1.29 is 9.18 Å². The summed E-state index contributed by atoms with van der Waals surface area (Å²) < 4.78 is 18.0. The third kappa shape index (κ3) is 3.91. The van der Waals surface area contributed by atoms with Gasteiger partial charge >= 0.3 is 0 Å². The summed E-state index contributed by atoms with van der Waals surface area (Å²) in [6.45, 7) is 6.12. The Morgan fingerprint density at radius 3 is 2.21 bits per heavy atom. The average molecular weight is 444 g/mol. The molecule has 7 heteroatoms. The van der Waals surface area contributed by atoms with Gasteiger partial charge in [-0.25, -0.2) is 9.07 Å². The van der Waals surface area contributed by atoms with E-state index in [0.29, 0.717) is 43.1 Å². The Labute approximate surface area is 192 Å². The van der Waals surface area contributed by atoms with E-state index in [1.807, 2.05) is 87.8 Å². The van der Waals surface area contributed by atoms with Crippen molar-refractivity contribution in [3.05, 3.63) is 95.7 Å². The lowest BCUT2D eigenvalue weighted by Crippen LogP contribution is -2.49. The molecule has 0 bridgehead atoms. The van der Waals surface area contributed by atoms with Gasteiger partial charge in [0.05, 0.1) is 17.1 Å². The second kappa shape index (κ2) is 8.58. The van der Waals surface area contributed by atoms with Crippen LogP contribution in [0.15, 0.2) is 73.1 Å². The molecule has 6 nitrogen and oxygen atoms in total. The van der Waals surface area contributed by atoms with E-state index in [0.717, 1.165) is 17.1 Å². The Balaban J connectivity index is 1.46. The molecule has 4 aromatic rings. The van der Waals surface area contributed by atoms with Crippen LogP contribution < -0.4 is 4.90 Å². The molecule has 0 aliphatic carbocycles. The number of para-hydroxylation sites is 1. The van der Waals surface area contributed by atoms with E-state index in [-0.39, 0.29) is 11.7 Å². The van der Waals surface area contributed by atoms with Crippen LogP contribution in [0.25, 0.3) is 11.5 Å². The van der Waals surface area contributed by atoms with Crippen LogP contribution >= 0.6 is 0 Å². The van der Waals surface area contributed by atoms with Gasteiger partial charge in [0.2, 0.25) is 0 Å². The monoisotopic (exact) mass is 443 g/mol. The van der Waals surface area contributed by atoms with E-state index in [4.69, 9.17) is 5.10 Å². The van der Waals surface area contributed by atoms with Crippen molar-refractivity contribution in [2.75, 3.05) is 31.1 Å². The summed E-state index contributed by atoms with van der Waals surface area (Å²) in [6, 6.07) is 18.7. The van der Waals surface area contributed by atoms with E-state index >= 15 is 0 Å². The lowest BCUT2D eigenvalue weighted by atomic mass is 10.1. The van der Waals surface area contributed by atoms with Crippen LogP contribution in [0.4, 0.5) is 10.1 Å². The normalized spacial score (nSPS) is 14.0. The van der Waals surface area contributed by atoms with E-state index in [9.17, 15) is 9.18 Å². The van der Waals surface area contributed by atoms with Crippen LogP contribution in [-0.4, -0.2) is 51.3 Å². The molecule has 2 aromatic carbocycles. The maximum Gasteiger partial charge on any atom is 0.259 e. The van der Waals surface area contributed by atoms with Gasteiger partial charge in [-0.3, -0.25) is 4.79 Å². The van der Waals surface area contributed by atoms with Gasteiger partial charge in [-0.1, -0.05) is 29.8 Å². The Morgan fingerprint density at radius 2 is 1.55 bits per heavy atom. The molecule has 0 N–H and O–H groups in total. The van der Waals surface area contributed by atoms with Crippen LogP contribution in [-0.2, 0) is 0 Å². The second-order valence-corrected chi connectivity index (χ2v) is 8.35. The third-order valence-electron chi connectivity index (χ3n) is 6.14. The van der Waals surface area contributed by atoms with Gasteiger partial charge in [0, 0.05) is 38.6 Å². The molecular formula is C26H26FN5O. The first-order chi connectivity index (χ1) is 16.0. The molecule has 1 aliphatic heterocycles. The highest BCUT2D eigenvalue weighted by atomic mass is 19.1. The zero-order valence-electron chi connectivity index (χ0n) is 18.8. The van der Waals surface area contributed by atoms with Crippen molar-refractivity contribution in [2.45, 2.75) is 13.8 Å². The van der Waals surface area contributed by atoms with Gasteiger partial charge in [-0.05, 0) is 50.2 Å². The molecule has 0 spiro atoms. The zero-order chi connectivity index (χ0) is 22.9. The molecule has 1 saturated heterocycles. The number of amides is 1. The van der Waals surface area contributed by atoms with Crippen LogP contribution in [0.1, 0.15) is 21.6 Å². The highest BCUT2D eigenvalue weighted by Gasteiger charge is 2.30. The SMILES string of the molecule is Cc1ccc(-n2nc(C)c(C(=O)N3CCN(c4ccccc4F)CC3)c2-n2cccc2)cc1. The highest BCUT2D eigenvalue weighted by molar-refractivity contribution is 5.99. The predicted octanol–water partition coefficient (Wildman–Crippen LogP) is 4.38. The van der Waals surface area contributed by atoms with E-state index in [2.05, 4.69) is 0 Å². The Kier molecular flexibility index (Phi) is 5.46. The van der Waals surface area contributed by atoms with Crippen LogP contribution in [0.3, 0.4) is 0 Å². The molecule has 1 fully saturated rings. The quantitative estimate of drug-likeness (QED) is 0.470. The Hall–Kier alpha value is -3.87. The number of carbonyl (C=O) groups excluding carboxylic acids is 1. The van der Waals surface area contributed by atoms with Crippen molar-refractivity contribution in [3.8, 4) is 11.5 Å². The number of hydrogen-bond acceptors (Lipinski definition) is 3. The molecule has 1 aliphatic rings. The number of hydrogen-bond donors (Lipinski definition) is 0. The molecule has 3 heterocycles. The molecule has 0 saturated carbocycles. The number of anilines is 1. The van der Waals surface area contributed by atoms with Crippen molar-refractivity contribution in [3.63, 3.8) is 0 Å². The second-order valence-electron chi connectivity index (χ2n) is 8.35. The van der Waals surface area contributed by atoms with Crippen LogP contribution in [0, 0.1) is 19.7 Å². The summed E-state index contributed by atoms with van der Waals surface area (Å²) in [7, 11) is 0. The maximum absolute atomic E-state index is 14.2. The molecule has 0 radical (unpaired) electrons. The van der Waals surface area contributed by atoms with Gasteiger partial charge in [-0.2, -0.15) is 5.10 Å². The largest absolute Gasteiger partial charge is 0.366 e. The topological polar surface area (TPSA) is 46.3 Å². The molecule has 2 aromatic heterocycles. The summed E-state index contributed by atoms with van der Waals surface area (Å²) in [4.78, 5) is 17.5. The maximum atomic E-state index is 14.2. The van der Waals surface area contributed by atoms with Crippen LogP contribution in [0.2, 0.25) is 0 Å². The number of aryl methyl sites for hydroxylation is 2. The van der Waals surface area contributed by atoms with Crippen molar-refractivity contribution >= 4 is 11.6 Å². The van der Waals surface area contributed by atoms with E-state index < -0.39 is 0 Å². The van der Waals surface area contributed by atoms with Crippen LogP contribution in [0.5, 0.6) is 0 Å². The molecule has 0 unspecified atom stereocenters. The number of piperazine rings is 1. The summed E-state index contributed by atoms with van der Waals surface area (Å²) in [5, 5.41) is 4.74. The fourth-order valence-electron chi connectivity index (χ4n) is 4.36. The zero-order valence-corrected chi connectivity index (χ0v) is 18.8. The van der Waals surface area contributed by atoms with Crippen molar-refractivity contribution in [1.29, 1.82) is 0 Å². The Morgan fingerprint density at radius 1 is 0.879 bits per heavy atom. The van der Waals surface area contributed by atoms with E-state index in [1.165, 1.54) is 6.07 Å². The first-order valence-corrected chi connectivity index (χ1v) is 11.1. The molecule has 1 amide bonds. The standard InChI is InChI=1S/C26H26FN5O/c1-19-9-11-21(12-10-19)32-25(30-13-5-6-14-30)24(20(2)28-32)26(33)31-17-15-29(16-18-31)23-8-4-3-7-22(23)27/h3-14H,15-18H2,1-2H3. The van der Waals surface area contributed by atoms with Gasteiger partial charge in [0.25, 0.3) is 5.91 Å². The molecule has 168 valence electrons. The lowest BCUT2D eigenvalue weighted by molar-refractivity contribution is 0.0746. The first-order valence-electron chi connectivity index (χ1n) is 11.1. The summed E-state index contributed by atoms with van der Waals surface area (Å²) in [5.74, 6) is 0.438. The molecule has 0 atom stereocenters. The predicted molar refractivity (Wildman–Crippen MR) is 127 cm³/mol. The van der Waals surface area contributed by atoms with Gasteiger partial charge in [-0.15, -0.1) is 0 Å². The number of nitrogens with zero attached hydrogens (tertiary/aromatic N) is 5. The number of aromatic nitrogens is 3. The van der Waals surface area contributed by atoms with Gasteiger partial charge in [0.1, 0.15) is 11.4 Å². The first kappa shape index (κ1) is 21.0. The smallest absolute Gasteiger partial charge is 0.259 e. The van der Waals surface area contributed by atoms with Crippen molar-refractivity contribution in [2.24, 2.45) is 0 Å². The number of carbonyl (C=O) groups is 1. The highest BCUT2D eigenvalue weighted by Crippen LogP contribution is 2.26. The summed E-state index contributed by atoms with van der Waals surface area (Å²) >= 11 is 0. The van der Waals surface area contributed by atoms with Crippen molar-refractivity contribution in [1.82, 2.24) is 19.2 Å².